The van der Waals surface area contributed by atoms with Gasteiger partial charge in [-0.15, -0.1) is 11.8 Å². The van der Waals surface area contributed by atoms with Crippen molar-refractivity contribution >= 4 is 17.5 Å². The van der Waals surface area contributed by atoms with Gasteiger partial charge in [-0.25, -0.2) is 4.39 Å². The van der Waals surface area contributed by atoms with E-state index >= 15 is 0 Å². The summed E-state index contributed by atoms with van der Waals surface area (Å²) >= 11 is 1.60. The molecule has 4 heteroatoms. The van der Waals surface area contributed by atoms with E-state index < -0.39 is 0 Å². The Labute approximate surface area is 122 Å². The quantitative estimate of drug-likeness (QED) is 0.605. The zero-order chi connectivity index (χ0) is 14.5. The molecule has 0 spiro atoms. The first kappa shape index (κ1) is 14.6. The van der Waals surface area contributed by atoms with Crippen molar-refractivity contribution in [1.82, 2.24) is 0 Å². The molecule has 0 aliphatic rings. The van der Waals surface area contributed by atoms with Gasteiger partial charge in [0.15, 0.2) is 17.3 Å². The van der Waals surface area contributed by atoms with Crippen LogP contribution in [0.15, 0.2) is 47.4 Å². The van der Waals surface area contributed by atoms with Crippen LogP contribution in [-0.2, 0) is 5.75 Å². The lowest BCUT2D eigenvalue weighted by molar-refractivity contribution is 0.101. The molecule has 2 nitrogen and oxygen atoms in total. The summed E-state index contributed by atoms with van der Waals surface area (Å²) in [4.78, 5) is 12.2. The molecule has 0 radical (unpaired) electrons. The Balaban J connectivity index is 2.01. The lowest BCUT2D eigenvalue weighted by Crippen LogP contribution is -1.91. The molecular formula is C16H15FO2S. The predicted molar refractivity (Wildman–Crippen MR) is 79.0 cm³/mol. The first-order valence-electron chi connectivity index (χ1n) is 6.16. The predicted octanol–water partition coefficient (Wildman–Crippen LogP) is 4.33. The van der Waals surface area contributed by atoms with E-state index in [9.17, 15) is 9.18 Å². The van der Waals surface area contributed by atoms with Gasteiger partial charge in [0.1, 0.15) is 0 Å². The third-order valence-electron chi connectivity index (χ3n) is 2.88. The number of hydrogen-bond acceptors (Lipinski definition) is 3. The molecule has 0 unspecified atom stereocenters. The molecule has 0 atom stereocenters. The van der Waals surface area contributed by atoms with Crippen LogP contribution in [0.25, 0.3) is 0 Å². The molecule has 0 saturated heterocycles. The summed E-state index contributed by atoms with van der Waals surface area (Å²) in [5, 5.41) is 0. The summed E-state index contributed by atoms with van der Waals surface area (Å²) < 4.78 is 18.4. The van der Waals surface area contributed by atoms with Gasteiger partial charge in [0.2, 0.25) is 0 Å². The fourth-order valence-electron chi connectivity index (χ4n) is 1.75. The van der Waals surface area contributed by atoms with Gasteiger partial charge in [-0.1, -0.05) is 18.2 Å². The molecule has 104 valence electrons. The number of ketones is 1. The number of thioether (sulfide) groups is 1. The molecule has 0 heterocycles. The number of rotatable bonds is 5. The van der Waals surface area contributed by atoms with Gasteiger partial charge < -0.3 is 4.74 Å². The van der Waals surface area contributed by atoms with E-state index in [0.717, 1.165) is 10.5 Å². The van der Waals surface area contributed by atoms with Crippen LogP contribution in [0.4, 0.5) is 4.39 Å². The normalized spacial score (nSPS) is 10.3. The van der Waals surface area contributed by atoms with Gasteiger partial charge in [-0.2, -0.15) is 0 Å². The smallest absolute Gasteiger partial charge is 0.165 e. The Morgan fingerprint density at radius 2 is 1.90 bits per heavy atom. The lowest BCUT2D eigenvalue weighted by atomic mass is 10.2. The highest BCUT2D eigenvalue weighted by Crippen LogP contribution is 2.25. The van der Waals surface area contributed by atoms with Crippen molar-refractivity contribution in [2.45, 2.75) is 17.6 Å². The average Bonchev–Trinajstić information content (AvgIpc) is 2.45. The molecular weight excluding hydrogens is 275 g/mol. The first-order chi connectivity index (χ1) is 9.60. The standard InChI is InChI=1S/C16H15FO2S/c1-11(18)13-4-6-14(7-5-13)20-10-12-3-8-16(19-2)15(17)9-12/h3-9H,10H2,1-2H3. The molecule has 0 N–H and O–H groups in total. The van der Waals surface area contributed by atoms with E-state index in [1.165, 1.54) is 13.2 Å². The van der Waals surface area contributed by atoms with Crippen molar-refractivity contribution in [3.8, 4) is 5.75 Å². The van der Waals surface area contributed by atoms with Gasteiger partial charge >= 0.3 is 0 Å². The van der Waals surface area contributed by atoms with Gasteiger partial charge in [-0.3, -0.25) is 4.79 Å². The van der Waals surface area contributed by atoms with Crippen LogP contribution in [0, 0.1) is 5.82 Å². The second kappa shape index (κ2) is 6.57. The minimum absolute atomic E-state index is 0.0544. The maximum Gasteiger partial charge on any atom is 0.165 e. The van der Waals surface area contributed by atoms with Crippen molar-refractivity contribution in [3.63, 3.8) is 0 Å². The number of methoxy groups -OCH3 is 1. The highest BCUT2D eigenvalue weighted by molar-refractivity contribution is 7.98. The molecule has 0 fully saturated rings. The van der Waals surface area contributed by atoms with Gasteiger partial charge in [-0.05, 0) is 36.8 Å². The van der Waals surface area contributed by atoms with Crippen LogP contribution in [0.2, 0.25) is 0 Å². The van der Waals surface area contributed by atoms with E-state index in [1.807, 2.05) is 18.2 Å². The van der Waals surface area contributed by atoms with E-state index in [2.05, 4.69) is 0 Å². The van der Waals surface area contributed by atoms with Crippen molar-refractivity contribution < 1.29 is 13.9 Å². The number of carbonyl (C=O) groups is 1. The molecule has 0 amide bonds. The minimum atomic E-state index is -0.350. The summed E-state index contributed by atoms with van der Waals surface area (Å²) in [5.74, 6) is 0.626. The number of halogens is 1. The van der Waals surface area contributed by atoms with Gasteiger partial charge in [0.25, 0.3) is 0 Å². The fraction of sp³-hybridized carbons (Fsp3) is 0.188. The van der Waals surface area contributed by atoms with Crippen LogP contribution in [0.3, 0.4) is 0 Å². The fourth-order valence-corrected chi connectivity index (χ4v) is 2.59. The van der Waals surface area contributed by atoms with Crippen molar-refractivity contribution in [2.75, 3.05) is 7.11 Å². The summed E-state index contributed by atoms with van der Waals surface area (Å²) in [6.45, 7) is 1.54. The van der Waals surface area contributed by atoms with Crippen LogP contribution in [0.5, 0.6) is 5.75 Å². The number of ether oxygens (including phenoxy) is 1. The lowest BCUT2D eigenvalue weighted by Gasteiger charge is -2.06. The molecule has 20 heavy (non-hydrogen) atoms. The first-order valence-corrected chi connectivity index (χ1v) is 7.15. The minimum Gasteiger partial charge on any atom is -0.494 e. The van der Waals surface area contributed by atoms with Crippen LogP contribution >= 0.6 is 11.8 Å². The molecule has 2 rings (SSSR count). The second-order valence-electron chi connectivity index (χ2n) is 4.34. The molecule has 0 aliphatic heterocycles. The second-order valence-corrected chi connectivity index (χ2v) is 5.39. The third kappa shape index (κ3) is 3.61. The molecule has 0 bridgehead atoms. The van der Waals surface area contributed by atoms with Crippen LogP contribution in [-0.4, -0.2) is 12.9 Å². The molecule has 2 aromatic rings. The molecule has 2 aromatic carbocycles. The largest absolute Gasteiger partial charge is 0.494 e. The Kier molecular flexibility index (Phi) is 4.79. The SMILES string of the molecule is COc1ccc(CSc2ccc(C(C)=O)cc2)cc1F. The monoisotopic (exact) mass is 290 g/mol. The van der Waals surface area contributed by atoms with Crippen LogP contribution in [0.1, 0.15) is 22.8 Å². The maximum atomic E-state index is 13.5. The Morgan fingerprint density at radius 1 is 1.20 bits per heavy atom. The molecule has 0 aliphatic carbocycles. The van der Waals surface area contributed by atoms with Crippen molar-refractivity contribution in [2.24, 2.45) is 0 Å². The summed E-state index contributed by atoms with van der Waals surface area (Å²) in [6, 6.07) is 12.4. The number of hydrogen-bond donors (Lipinski definition) is 0. The van der Waals surface area contributed by atoms with Crippen molar-refractivity contribution in [1.29, 1.82) is 0 Å². The van der Waals surface area contributed by atoms with Crippen LogP contribution < -0.4 is 4.74 Å². The zero-order valence-corrected chi connectivity index (χ0v) is 12.2. The molecule has 0 aromatic heterocycles. The highest BCUT2D eigenvalue weighted by Gasteiger charge is 2.04. The number of carbonyl (C=O) groups excluding carboxylic acids is 1. The number of Topliss-reactive ketones (excluding diaryl/α,β-unsaturated/α-hetero) is 1. The summed E-state index contributed by atoms with van der Waals surface area (Å²) in [5.41, 5.74) is 1.59. The zero-order valence-electron chi connectivity index (χ0n) is 11.4. The van der Waals surface area contributed by atoms with E-state index in [4.69, 9.17) is 4.74 Å². The van der Waals surface area contributed by atoms with Gasteiger partial charge in [0, 0.05) is 16.2 Å². The Hall–Kier alpha value is -1.81. The number of benzene rings is 2. The van der Waals surface area contributed by atoms with Gasteiger partial charge in [0.05, 0.1) is 7.11 Å². The van der Waals surface area contributed by atoms with E-state index in [0.29, 0.717) is 11.3 Å². The highest BCUT2D eigenvalue weighted by atomic mass is 32.2. The average molecular weight is 290 g/mol. The Morgan fingerprint density at radius 3 is 2.45 bits per heavy atom. The van der Waals surface area contributed by atoms with E-state index in [1.54, 1.807) is 36.9 Å². The topological polar surface area (TPSA) is 26.3 Å². The van der Waals surface area contributed by atoms with E-state index in [-0.39, 0.29) is 17.3 Å². The van der Waals surface area contributed by atoms with Crippen molar-refractivity contribution in [3.05, 3.63) is 59.4 Å². The molecule has 0 saturated carbocycles. The summed E-state index contributed by atoms with van der Waals surface area (Å²) in [6.07, 6.45) is 0. The summed E-state index contributed by atoms with van der Waals surface area (Å²) in [7, 11) is 1.45. The maximum absolute atomic E-state index is 13.5. The third-order valence-corrected chi connectivity index (χ3v) is 3.97. The Bertz CT molecular complexity index is 608.